The van der Waals surface area contributed by atoms with Crippen molar-refractivity contribution in [2.24, 2.45) is 0 Å². The topological polar surface area (TPSA) is 55.2 Å². The molecule has 3 aromatic rings. The molecule has 0 aliphatic carbocycles. The maximum Gasteiger partial charge on any atom is 0.119 e. The van der Waals surface area contributed by atoms with E-state index in [2.05, 4.69) is 34.4 Å². The number of anilines is 2. The molecule has 0 amide bonds. The smallest absolute Gasteiger partial charge is 0.119 e. The third-order valence-electron chi connectivity index (χ3n) is 4.33. The van der Waals surface area contributed by atoms with Gasteiger partial charge in [0.15, 0.2) is 0 Å². The summed E-state index contributed by atoms with van der Waals surface area (Å²) >= 11 is 0. The van der Waals surface area contributed by atoms with Crippen molar-refractivity contribution in [3.63, 3.8) is 0 Å². The highest BCUT2D eigenvalue weighted by Gasteiger charge is 2.07. The van der Waals surface area contributed by atoms with Gasteiger partial charge in [0.1, 0.15) is 5.75 Å². The monoisotopic (exact) mass is 351 g/mol. The summed E-state index contributed by atoms with van der Waals surface area (Å²) in [6.07, 6.45) is 1.99. The van der Waals surface area contributed by atoms with Gasteiger partial charge in [-0.25, -0.2) is 4.68 Å². The Morgan fingerprint density at radius 3 is 2.15 bits per heavy atom. The van der Waals surface area contributed by atoms with Crippen molar-refractivity contribution in [2.75, 3.05) is 25.5 Å². The Hall–Kier alpha value is -2.86. The van der Waals surface area contributed by atoms with Gasteiger partial charge >= 0.3 is 0 Å². The minimum Gasteiger partial charge on any atom is -0.497 e. The van der Waals surface area contributed by atoms with E-state index in [0.29, 0.717) is 0 Å². The molecule has 3 rings (SSSR count). The molecule has 1 N–H and O–H groups in total. The van der Waals surface area contributed by atoms with Crippen molar-refractivity contribution in [3.8, 4) is 11.4 Å². The number of nitrogens with zero attached hydrogens (tertiary/aromatic N) is 4. The van der Waals surface area contributed by atoms with Crippen LogP contribution in [0.2, 0.25) is 0 Å². The van der Waals surface area contributed by atoms with Crippen LogP contribution in [-0.2, 0) is 6.54 Å². The SMILES string of the molecule is CCN(CC)Cc1cn(-c2ccc(Nc3ccc(OC)cc3)cc2)nn1. The zero-order valence-corrected chi connectivity index (χ0v) is 15.5. The standard InChI is InChI=1S/C20H25N5O/c1-4-24(5-2)14-18-15-25(23-22-18)19-10-6-16(7-11-19)21-17-8-12-20(26-3)13-9-17/h6-13,15,21H,4-5,14H2,1-3H3. The van der Waals surface area contributed by atoms with Gasteiger partial charge in [-0.05, 0) is 61.6 Å². The molecule has 0 bridgehead atoms. The van der Waals surface area contributed by atoms with Gasteiger partial charge in [-0.3, -0.25) is 4.90 Å². The predicted molar refractivity (Wildman–Crippen MR) is 104 cm³/mol. The Labute approximate surface area is 154 Å². The lowest BCUT2D eigenvalue weighted by molar-refractivity contribution is 0.292. The summed E-state index contributed by atoms with van der Waals surface area (Å²) in [6.45, 7) is 7.15. The van der Waals surface area contributed by atoms with Gasteiger partial charge in [-0.15, -0.1) is 5.10 Å². The van der Waals surface area contributed by atoms with Gasteiger partial charge in [0.2, 0.25) is 0 Å². The Morgan fingerprint density at radius 2 is 1.58 bits per heavy atom. The molecule has 6 heteroatoms. The van der Waals surface area contributed by atoms with Crippen LogP contribution in [0.1, 0.15) is 19.5 Å². The van der Waals surface area contributed by atoms with Crippen LogP contribution >= 0.6 is 0 Å². The molecule has 0 spiro atoms. The fraction of sp³-hybridized carbons (Fsp3) is 0.300. The average Bonchev–Trinajstić information content (AvgIpc) is 3.16. The van der Waals surface area contributed by atoms with Crippen molar-refractivity contribution in [3.05, 3.63) is 60.4 Å². The maximum atomic E-state index is 5.18. The molecule has 0 saturated carbocycles. The van der Waals surface area contributed by atoms with Gasteiger partial charge in [-0.1, -0.05) is 19.1 Å². The first-order valence-corrected chi connectivity index (χ1v) is 8.87. The van der Waals surface area contributed by atoms with Gasteiger partial charge in [0, 0.05) is 17.9 Å². The summed E-state index contributed by atoms with van der Waals surface area (Å²) in [7, 11) is 1.67. The number of hydrogen-bond donors (Lipinski definition) is 1. The van der Waals surface area contributed by atoms with Gasteiger partial charge < -0.3 is 10.1 Å². The highest BCUT2D eigenvalue weighted by molar-refractivity contribution is 5.61. The summed E-state index contributed by atoms with van der Waals surface area (Å²) in [6, 6.07) is 16.0. The number of rotatable bonds is 8. The molecule has 0 fully saturated rings. The maximum absolute atomic E-state index is 5.18. The van der Waals surface area contributed by atoms with Crippen LogP contribution in [-0.4, -0.2) is 40.1 Å². The normalized spacial score (nSPS) is 10.9. The lowest BCUT2D eigenvalue weighted by Gasteiger charge is -2.15. The van der Waals surface area contributed by atoms with Crippen molar-refractivity contribution in [1.82, 2.24) is 19.9 Å². The van der Waals surface area contributed by atoms with E-state index in [1.807, 2.05) is 59.4 Å². The van der Waals surface area contributed by atoms with E-state index in [1.165, 1.54) is 0 Å². The quantitative estimate of drug-likeness (QED) is 0.668. The Bertz CT molecular complexity index is 807. The fourth-order valence-corrected chi connectivity index (χ4v) is 2.71. The summed E-state index contributed by atoms with van der Waals surface area (Å²) < 4.78 is 6.99. The number of hydrogen-bond acceptors (Lipinski definition) is 5. The van der Waals surface area contributed by atoms with Crippen LogP contribution in [0.3, 0.4) is 0 Å². The Kier molecular flexibility index (Phi) is 5.86. The first-order chi connectivity index (χ1) is 12.7. The second-order valence-corrected chi connectivity index (χ2v) is 6.02. The predicted octanol–water partition coefficient (Wildman–Crippen LogP) is 3.86. The van der Waals surface area contributed by atoms with E-state index in [4.69, 9.17) is 4.74 Å². The molecule has 0 aliphatic rings. The zero-order chi connectivity index (χ0) is 18.4. The third kappa shape index (κ3) is 4.40. The summed E-state index contributed by atoms with van der Waals surface area (Å²) in [4.78, 5) is 2.32. The molecule has 136 valence electrons. The van der Waals surface area contributed by atoms with Crippen LogP contribution in [0.5, 0.6) is 5.75 Å². The van der Waals surface area contributed by atoms with Gasteiger partial charge in [-0.2, -0.15) is 0 Å². The third-order valence-corrected chi connectivity index (χ3v) is 4.33. The van der Waals surface area contributed by atoms with E-state index in [0.717, 1.165) is 48.1 Å². The molecule has 0 radical (unpaired) electrons. The number of nitrogens with one attached hydrogen (secondary N) is 1. The van der Waals surface area contributed by atoms with Crippen LogP contribution in [0, 0.1) is 0 Å². The molecule has 6 nitrogen and oxygen atoms in total. The number of benzene rings is 2. The van der Waals surface area contributed by atoms with E-state index in [9.17, 15) is 0 Å². The summed E-state index contributed by atoms with van der Waals surface area (Å²) in [5.41, 5.74) is 4.00. The van der Waals surface area contributed by atoms with Crippen LogP contribution in [0.4, 0.5) is 11.4 Å². The molecule has 0 aliphatic heterocycles. The second-order valence-electron chi connectivity index (χ2n) is 6.02. The molecular formula is C20H25N5O. The van der Waals surface area contributed by atoms with Gasteiger partial charge in [0.25, 0.3) is 0 Å². The van der Waals surface area contributed by atoms with Crippen molar-refractivity contribution < 1.29 is 4.74 Å². The van der Waals surface area contributed by atoms with E-state index < -0.39 is 0 Å². The van der Waals surface area contributed by atoms with E-state index in [1.54, 1.807) is 7.11 Å². The number of methoxy groups -OCH3 is 1. The van der Waals surface area contributed by atoms with E-state index >= 15 is 0 Å². The lowest BCUT2D eigenvalue weighted by atomic mass is 10.2. The van der Waals surface area contributed by atoms with Gasteiger partial charge in [0.05, 0.1) is 24.7 Å². The fourth-order valence-electron chi connectivity index (χ4n) is 2.71. The highest BCUT2D eigenvalue weighted by Crippen LogP contribution is 2.21. The molecule has 0 unspecified atom stereocenters. The molecule has 1 heterocycles. The van der Waals surface area contributed by atoms with Crippen molar-refractivity contribution in [1.29, 1.82) is 0 Å². The first kappa shape index (κ1) is 17.9. The van der Waals surface area contributed by atoms with Crippen LogP contribution in [0.15, 0.2) is 54.7 Å². The molecular weight excluding hydrogens is 326 g/mol. The zero-order valence-electron chi connectivity index (χ0n) is 15.5. The second kappa shape index (κ2) is 8.49. The number of ether oxygens (including phenoxy) is 1. The largest absolute Gasteiger partial charge is 0.497 e. The lowest BCUT2D eigenvalue weighted by Crippen LogP contribution is -2.22. The molecule has 26 heavy (non-hydrogen) atoms. The summed E-state index contributed by atoms with van der Waals surface area (Å²) in [5.74, 6) is 0.845. The first-order valence-electron chi connectivity index (χ1n) is 8.87. The molecule has 1 aromatic heterocycles. The highest BCUT2D eigenvalue weighted by atomic mass is 16.5. The average molecular weight is 351 g/mol. The Morgan fingerprint density at radius 1 is 0.962 bits per heavy atom. The minimum atomic E-state index is 0.824. The van der Waals surface area contributed by atoms with E-state index in [-0.39, 0.29) is 0 Å². The molecule has 0 saturated heterocycles. The van der Waals surface area contributed by atoms with Crippen LogP contribution < -0.4 is 10.1 Å². The van der Waals surface area contributed by atoms with Crippen molar-refractivity contribution in [2.45, 2.75) is 20.4 Å². The molecule has 0 atom stereocenters. The molecule has 2 aromatic carbocycles. The van der Waals surface area contributed by atoms with Crippen molar-refractivity contribution >= 4 is 11.4 Å². The van der Waals surface area contributed by atoms with Crippen LogP contribution in [0.25, 0.3) is 5.69 Å². The Balaban J connectivity index is 1.66. The minimum absolute atomic E-state index is 0.824. The summed E-state index contributed by atoms with van der Waals surface area (Å²) in [5, 5.41) is 11.9. The number of aromatic nitrogens is 3.